The van der Waals surface area contributed by atoms with E-state index in [9.17, 15) is 4.79 Å². The molecular weight excluding hydrogens is 176 g/mol. The van der Waals surface area contributed by atoms with E-state index in [1.165, 1.54) is 5.56 Å². The summed E-state index contributed by atoms with van der Waals surface area (Å²) < 4.78 is 4.96. The first-order chi connectivity index (χ1) is 6.56. The van der Waals surface area contributed by atoms with Gasteiger partial charge in [-0.25, -0.2) is 4.79 Å². The van der Waals surface area contributed by atoms with Crippen LogP contribution in [0.5, 0.6) is 0 Å². The molecule has 2 heteroatoms. The number of hydrogen-bond donors (Lipinski definition) is 0. The molecule has 0 saturated carbocycles. The third kappa shape index (κ3) is 2.13. The second-order valence-corrected chi connectivity index (χ2v) is 3.47. The molecular formula is C12H16O2. The lowest BCUT2D eigenvalue weighted by Gasteiger charge is -2.08. The van der Waals surface area contributed by atoms with Crippen LogP contribution in [0.15, 0.2) is 12.1 Å². The first-order valence-corrected chi connectivity index (χ1v) is 4.81. The smallest absolute Gasteiger partial charge is 0.338 e. The quantitative estimate of drug-likeness (QED) is 0.673. The standard InChI is InChI=1S/C12H16O2/c1-5-14-12(13)11-7-9(3)8(2)6-10(11)4/h6-7H,5H2,1-4H3. The molecule has 76 valence electrons. The van der Waals surface area contributed by atoms with Crippen LogP contribution in [0.3, 0.4) is 0 Å². The highest BCUT2D eigenvalue weighted by atomic mass is 16.5. The molecule has 0 unspecified atom stereocenters. The van der Waals surface area contributed by atoms with Gasteiger partial charge < -0.3 is 4.74 Å². The number of hydrogen-bond acceptors (Lipinski definition) is 2. The predicted octanol–water partition coefficient (Wildman–Crippen LogP) is 2.79. The summed E-state index contributed by atoms with van der Waals surface area (Å²) in [7, 11) is 0. The number of esters is 1. The Bertz CT molecular complexity index is 354. The molecule has 0 spiro atoms. The summed E-state index contributed by atoms with van der Waals surface area (Å²) in [4.78, 5) is 11.5. The van der Waals surface area contributed by atoms with Crippen LogP contribution in [-0.4, -0.2) is 12.6 Å². The molecule has 0 aliphatic heterocycles. The molecule has 0 amide bonds. The van der Waals surface area contributed by atoms with Gasteiger partial charge in [-0.3, -0.25) is 0 Å². The van der Waals surface area contributed by atoms with Crippen molar-refractivity contribution < 1.29 is 9.53 Å². The van der Waals surface area contributed by atoms with E-state index < -0.39 is 0 Å². The van der Waals surface area contributed by atoms with Crippen molar-refractivity contribution in [3.63, 3.8) is 0 Å². The maximum atomic E-state index is 11.5. The van der Waals surface area contributed by atoms with Crippen molar-refractivity contribution in [1.82, 2.24) is 0 Å². The van der Waals surface area contributed by atoms with Crippen molar-refractivity contribution in [2.75, 3.05) is 6.61 Å². The number of carbonyl (C=O) groups excluding carboxylic acids is 1. The van der Waals surface area contributed by atoms with Crippen LogP contribution in [0.25, 0.3) is 0 Å². The normalized spacial score (nSPS) is 10.0. The van der Waals surface area contributed by atoms with Crippen molar-refractivity contribution in [3.05, 3.63) is 34.4 Å². The van der Waals surface area contributed by atoms with E-state index >= 15 is 0 Å². The van der Waals surface area contributed by atoms with Gasteiger partial charge in [0, 0.05) is 0 Å². The van der Waals surface area contributed by atoms with Crippen LogP contribution in [0.4, 0.5) is 0 Å². The third-order valence-corrected chi connectivity index (χ3v) is 2.34. The lowest BCUT2D eigenvalue weighted by molar-refractivity contribution is 0.0525. The molecule has 1 aromatic carbocycles. The number of carbonyl (C=O) groups is 1. The fourth-order valence-electron chi connectivity index (χ4n) is 1.39. The number of benzene rings is 1. The van der Waals surface area contributed by atoms with E-state index in [2.05, 4.69) is 0 Å². The second kappa shape index (κ2) is 4.27. The predicted molar refractivity (Wildman–Crippen MR) is 56.6 cm³/mol. The molecule has 0 atom stereocenters. The molecule has 0 aromatic heterocycles. The Labute approximate surface area is 84.9 Å². The van der Waals surface area contributed by atoms with Gasteiger partial charge in [0.1, 0.15) is 0 Å². The van der Waals surface area contributed by atoms with Gasteiger partial charge in [0.2, 0.25) is 0 Å². The molecule has 0 saturated heterocycles. The zero-order chi connectivity index (χ0) is 10.7. The van der Waals surface area contributed by atoms with Crippen LogP contribution in [0, 0.1) is 20.8 Å². The summed E-state index contributed by atoms with van der Waals surface area (Å²) >= 11 is 0. The van der Waals surface area contributed by atoms with E-state index in [4.69, 9.17) is 4.74 Å². The van der Waals surface area contributed by atoms with E-state index in [-0.39, 0.29) is 5.97 Å². The van der Waals surface area contributed by atoms with E-state index in [0.717, 1.165) is 11.1 Å². The third-order valence-electron chi connectivity index (χ3n) is 2.34. The second-order valence-electron chi connectivity index (χ2n) is 3.47. The molecule has 2 nitrogen and oxygen atoms in total. The Kier molecular flexibility index (Phi) is 3.28. The van der Waals surface area contributed by atoms with Gasteiger partial charge in [0.25, 0.3) is 0 Å². The first-order valence-electron chi connectivity index (χ1n) is 4.81. The van der Waals surface area contributed by atoms with E-state index in [0.29, 0.717) is 12.2 Å². The average molecular weight is 192 g/mol. The van der Waals surface area contributed by atoms with E-state index in [1.807, 2.05) is 39.8 Å². The van der Waals surface area contributed by atoms with Gasteiger partial charge in [-0.1, -0.05) is 6.07 Å². The van der Waals surface area contributed by atoms with Crippen LogP contribution in [0.2, 0.25) is 0 Å². The minimum atomic E-state index is -0.229. The summed E-state index contributed by atoms with van der Waals surface area (Å²) in [5.41, 5.74) is 3.98. The van der Waals surface area contributed by atoms with Gasteiger partial charge in [0.05, 0.1) is 12.2 Å². The fourth-order valence-corrected chi connectivity index (χ4v) is 1.39. The van der Waals surface area contributed by atoms with Gasteiger partial charge in [-0.2, -0.15) is 0 Å². The maximum Gasteiger partial charge on any atom is 0.338 e. The van der Waals surface area contributed by atoms with Crippen LogP contribution < -0.4 is 0 Å². The number of rotatable bonds is 2. The average Bonchev–Trinajstić information content (AvgIpc) is 2.11. The van der Waals surface area contributed by atoms with Crippen molar-refractivity contribution in [1.29, 1.82) is 0 Å². The summed E-state index contributed by atoms with van der Waals surface area (Å²) in [6, 6.07) is 3.91. The van der Waals surface area contributed by atoms with Gasteiger partial charge in [-0.05, 0) is 50.5 Å². The topological polar surface area (TPSA) is 26.3 Å². The Morgan fingerprint density at radius 3 is 2.29 bits per heavy atom. The number of ether oxygens (including phenoxy) is 1. The molecule has 14 heavy (non-hydrogen) atoms. The largest absolute Gasteiger partial charge is 0.462 e. The summed E-state index contributed by atoms with van der Waals surface area (Å²) in [6.07, 6.45) is 0. The zero-order valence-corrected chi connectivity index (χ0v) is 9.18. The Hall–Kier alpha value is -1.31. The molecule has 0 heterocycles. The highest BCUT2D eigenvalue weighted by Crippen LogP contribution is 2.16. The molecule has 1 rings (SSSR count). The lowest BCUT2D eigenvalue weighted by atomic mass is 10.0. The van der Waals surface area contributed by atoms with Gasteiger partial charge >= 0.3 is 5.97 Å². The zero-order valence-electron chi connectivity index (χ0n) is 9.18. The first kappa shape index (κ1) is 10.8. The van der Waals surface area contributed by atoms with Crippen LogP contribution >= 0.6 is 0 Å². The molecule has 0 aliphatic carbocycles. The Balaban J connectivity index is 3.09. The molecule has 0 fully saturated rings. The summed E-state index contributed by atoms with van der Waals surface area (Å²) in [6.45, 7) is 8.20. The fraction of sp³-hybridized carbons (Fsp3) is 0.417. The Morgan fingerprint density at radius 2 is 1.71 bits per heavy atom. The molecule has 0 N–H and O–H groups in total. The van der Waals surface area contributed by atoms with Crippen LogP contribution in [0.1, 0.15) is 34.0 Å². The lowest BCUT2D eigenvalue weighted by Crippen LogP contribution is -2.07. The highest BCUT2D eigenvalue weighted by molar-refractivity contribution is 5.91. The molecule has 1 aromatic rings. The van der Waals surface area contributed by atoms with Crippen molar-refractivity contribution in [2.45, 2.75) is 27.7 Å². The minimum Gasteiger partial charge on any atom is -0.462 e. The summed E-state index contributed by atoms with van der Waals surface area (Å²) in [5.74, 6) is -0.229. The highest BCUT2D eigenvalue weighted by Gasteiger charge is 2.10. The maximum absolute atomic E-state index is 11.5. The molecule has 0 radical (unpaired) electrons. The van der Waals surface area contributed by atoms with Crippen molar-refractivity contribution in [3.8, 4) is 0 Å². The molecule has 0 bridgehead atoms. The Morgan fingerprint density at radius 1 is 1.14 bits per heavy atom. The van der Waals surface area contributed by atoms with E-state index in [1.54, 1.807) is 0 Å². The van der Waals surface area contributed by atoms with Crippen LogP contribution in [-0.2, 0) is 4.74 Å². The van der Waals surface area contributed by atoms with Gasteiger partial charge in [-0.15, -0.1) is 0 Å². The molecule has 0 aliphatic rings. The monoisotopic (exact) mass is 192 g/mol. The van der Waals surface area contributed by atoms with Crippen molar-refractivity contribution in [2.24, 2.45) is 0 Å². The van der Waals surface area contributed by atoms with Crippen molar-refractivity contribution >= 4 is 5.97 Å². The SMILES string of the molecule is CCOC(=O)c1cc(C)c(C)cc1C. The van der Waals surface area contributed by atoms with Gasteiger partial charge in [0.15, 0.2) is 0 Å². The summed E-state index contributed by atoms with van der Waals surface area (Å²) in [5, 5.41) is 0. The minimum absolute atomic E-state index is 0.229. The number of aryl methyl sites for hydroxylation is 3.